The van der Waals surface area contributed by atoms with Crippen LogP contribution in [0.2, 0.25) is 0 Å². The van der Waals surface area contributed by atoms with Gasteiger partial charge in [-0.05, 0) is 37.6 Å². The predicted octanol–water partition coefficient (Wildman–Crippen LogP) is 2.68. The summed E-state index contributed by atoms with van der Waals surface area (Å²) < 4.78 is 33.7. The van der Waals surface area contributed by atoms with Crippen LogP contribution in [0.3, 0.4) is 0 Å². The normalized spacial score (nSPS) is 16.4. The van der Waals surface area contributed by atoms with Gasteiger partial charge in [-0.2, -0.15) is 8.42 Å². The largest absolute Gasteiger partial charge is 0.497 e. The van der Waals surface area contributed by atoms with E-state index in [0.29, 0.717) is 30.2 Å². The van der Waals surface area contributed by atoms with Crippen molar-refractivity contribution in [3.63, 3.8) is 0 Å². The second kappa shape index (κ2) is 6.36. The van der Waals surface area contributed by atoms with Crippen LogP contribution < -0.4 is 4.74 Å². The highest BCUT2D eigenvalue weighted by molar-refractivity contribution is 7.95. The van der Waals surface area contributed by atoms with Crippen molar-refractivity contribution >= 4 is 21.4 Å². The third-order valence-electron chi connectivity index (χ3n) is 3.58. The summed E-state index contributed by atoms with van der Waals surface area (Å²) in [6.45, 7) is 8.93. The molecule has 0 saturated carbocycles. The molecule has 1 aromatic carbocycles. The van der Waals surface area contributed by atoms with E-state index in [1.807, 2.05) is 30.9 Å². The lowest BCUT2D eigenvalue weighted by atomic mass is 10.0. The van der Waals surface area contributed by atoms with Crippen molar-refractivity contribution in [1.82, 2.24) is 4.90 Å². The van der Waals surface area contributed by atoms with Crippen LogP contribution >= 0.6 is 0 Å². The molecule has 0 amide bonds. The Hall–Kier alpha value is -2.08. The molecule has 2 rings (SSSR count). The number of sulfonamides is 1. The van der Waals surface area contributed by atoms with Crippen LogP contribution in [0.5, 0.6) is 5.75 Å². The van der Waals surface area contributed by atoms with Gasteiger partial charge in [-0.3, -0.25) is 0 Å². The van der Waals surface area contributed by atoms with Crippen LogP contribution in [0.4, 0.5) is 0 Å². The predicted molar refractivity (Wildman–Crippen MR) is 89.4 cm³/mol. The molecule has 1 aliphatic rings. The molecule has 0 unspecified atom stereocenters. The molecule has 0 fully saturated rings. The Balaban J connectivity index is 2.64. The number of hydrogen-bond donors (Lipinski definition) is 0. The topological polar surface area (TPSA) is 59.0 Å². The minimum atomic E-state index is -3.69. The van der Waals surface area contributed by atoms with Gasteiger partial charge >= 0.3 is 0 Å². The molecule has 22 heavy (non-hydrogen) atoms. The van der Waals surface area contributed by atoms with E-state index in [4.69, 9.17) is 4.74 Å². The van der Waals surface area contributed by atoms with E-state index in [2.05, 4.69) is 11.0 Å². The van der Waals surface area contributed by atoms with Gasteiger partial charge in [0.05, 0.1) is 7.11 Å². The fraction of sp³-hybridized carbons (Fsp3) is 0.312. The number of rotatable bonds is 5. The Bertz CT molecular complexity index is 727. The zero-order valence-corrected chi connectivity index (χ0v) is 13.9. The SMILES string of the molecule is C=CC1=C(c2ccc(OC)cc2)C(N(CC)CC)=NS1(=O)=O. The van der Waals surface area contributed by atoms with Crippen molar-refractivity contribution in [2.24, 2.45) is 4.40 Å². The van der Waals surface area contributed by atoms with Gasteiger partial charge in [0.25, 0.3) is 10.0 Å². The molecule has 0 radical (unpaired) electrons. The van der Waals surface area contributed by atoms with E-state index in [1.165, 1.54) is 6.08 Å². The van der Waals surface area contributed by atoms with Crippen LogP contribution in [0, 0.1) is 0 Å². The van der Waals surface area contributed by atoms with Gasteiger partial charge in [0.1, 0.15) is 10.7 Å². The quantitative estimate of drug-likeness (QED) is 0.837. The van der Waals surface area contributed by atoms with Crippen LogP contribution in [0.25, 0.3) is 5.57 Å². The summed E-state index contributed by atoms with van der Waals surface area (Å²) in [6, 6.07) is 7.26. The number of methoxy groups -OCH3 is 1. The molecule has 0 spiro atoms. The van der Waals surface area contributed by atoms with E-state index < -0.39 is 10.0 Å². The Morgan fingerprint density at radius 3 is 2.27 bits per heavy atom. The first kappa shape index (κ1) is 16.3. The molecule has 1 heterocycles. The fourth-order valence-electron chi connectivity index (χ4n) is 2.42. The second-order valence-electron chi connectivity index (χ2n) is 4.73. The van der Waals surface area contributed by atoms with E-state index >= 15 is 0 Å². The molecule has 1 aliphatic heterocycles. The first-order valence-electron chi connectivity index (χ1n) is 7.09. The lowest BCUT2D eigenvalue weighted by Crippen LogP contribution is -2.30. The number of amidine groups is 1. The minimum Gasteiger partial charge on any atom is -0.497 e. The van der Waals surface area contributed by atoms with E-state index in [1.54, 1.807) is 19.2 Å². The van der Waals surface area contributed by atoms with Crippen molar-refractivity contribution < 1.29 is 13.2 Å². The molecule has 0 bridgehead atoms. The lowest BCUT2D eigenvalue weighted by Gasteiger charge is -2.22. The number of likely N-dealkylation sites (N-methyl/N-ethyl adjacent to an activating group) is 1. The van der Waals surface area contributed by atoms with Crippen molar-refractivity contribution in [2.45, 2.75) is 13.8 Å². The first-order valence-corrected chi connectivity index (χ1v) is 8.53. The van der Waals surface area contributed by atoms with E-state index in [9.17, 15) is 8.42 Å². The lowest BCUT2D eigenvalue weighted by molar-refractivity contribution is 0.415. The number of hydrogen-bond acceptors (Lipinski definition) is 4. The molecular formula is C16H20N2O3S. The second-order valence-corrected chi connectivity index (χ2v) is 6.31. The summed E-state index contributed by atoms with van der Waals surface area (Å²) in [5.41, 5.74) is 1.38. The standard InChI is InChI=1S/C16H20N2O3S/c1-5-14-15(12-8-10-13(21-4)11-9-12)16(17-22(14,19)20)18(6-2)7-3/h5,8-11H,1,6-7H2,2-4H3. The third-order valence-corrected chi connectivity index (χ3v) is 4.92. The van der Waals surface area contributed by atoms with Crippen LogP contribution in [-0.4, -0.2) is 39.4 Å². The summed E-state index contributed by atoms with van der Waals surface area (Å²) in [7, 11) is -2.10. The number of nitrogens with zero attached hydrogens (tertiary/aromatic N) is 2. The Kier molecular flexibility index (Phi) is 4.71. The van der Waals surface area contributed by atoms with Gasteiger partial charge in [0.2, 0.25) is 0 Å². The highest BCUT2D eigenvalue weighted by Crippen LogP contribution is 2.34. The number of ether oxygens (including phenoxy) is 1. The smallest absolute Gasteiger partial charge is 0.285 e. The number of benzene rings is 1. The van der Waals surface area contributed by atoms with Gasteiger partial charge in [-0.15, -0.1) is 4.40 Å². The molecule has 0 aliphatic carbocycles. The average molecular weight is 320 g/mol. The van der Waals surface area contributed by atoms with E-state index in [0.717, 1.165) is 5.56 Å². The van der Waals surface area contributed by atoms with Gasteiger partial charge in [0.15, 0.2) is 5.84 Å². The highest BCUT2D eigenvalue weighted by atomic mass is 32.2. The van der Waals surface area contributed by atoms with Crippen molar-refractivity contribution in [3.8, 4) is 5.75 Å². The van der Waals surface area contributed by atoms with Crippen molar-refractivity contribution in [1.29, 1.82) is 0 Å². The van der Waals surface area contributed by atoms with Gasteiger partial charge < -0.3 is 9.64 Å². The molecule has 0 saturated heterocycles. The van der Waals surface area contributed by atoms with Gasteiger partial charge in [0, 0.05) is 18.7 Å². The summed E-state index contributed by atoms with van der Waals surface area (Å²) >= 11 is 0. The zero-order valence-electron chi connectivity index (χ0n) is 13.0. The van der Waals surface area contributed by atoms with Gasteiger partial charge in [-0.1, -0.05) is 18.7 Å². The number of allylic oxidation sites excluding steroid dienone is 1. The molecule has 0 N–H and O–H groups in total. The summed E-state index contributed by atoms with van der Waals surface area (Å²) in [4.78, 5) is 2.08. The van der Waals surface area contributed by atoms with E-state index in [-0.39, 0.29) is 4.91 Å². The maximum atomic E-state index is 12.3. The first-order chi connectivity index (χ1) is 10.5. The summed E-state index contributed by atoms with van der Waals surface area (Å²) in [5, 5.41) is 0. The van der Waals surface area contributed by atoms with Crippen molar-refractivity contribution in [2.75, 3.05) is 20.2 Å². The van der Waals surface area contributed by atoms with Crippen LogP contribution in [0.15, 0.2) is 46.2 Å². The van der Waals surface area contributed by atoms with Crippen LogP contribution in [-0.2, 0) is 10.0 Å². The zero-order chi connectivity index (χ0) is 16.3. The molecular weight excluding hydrogens is 300 g/mol. The molecule has 118 valence electrons. The molecule has 1 aromatic rings. The summed E-state index contributed by atoms with van der Waals surface area (Å²) in [6.07, 6.45) is 1.36. The monoisotopic (exact) mass is 320 g/mol. The van der Waals surface area contributed by atoms with Gasteiger partial charge in [-0.25, -0.2) is 0 Å². The Labute approximate surface area is 131 Å². The molecule has 5 nitrogen and oxygen atoms in total. The minimum absolute atomic E-state index is 0.152. The molecule has 0 aromatic heterocycles. The third kappa shape index (κ3) is 2.78. The maximum Gasteiger partial charge on any atom is 0.285 e. The van der Waals surface area contributed by atoms with Crippen LogP contribution in [0.1, 0.15) is 19.4 Å². The molecule has 6 heteroatoms. The maximum absolute atomic E-state index is 12.3. The molecule has 0 atom stereocenters. The Morgan fingerprint density at radius 1 is 1.23 bits per heavy atom. The highest BCUT2D eigenvalue weighted by Gasteiger charge is 2.33. The fourth-order valence-corrected chi connectivity index (χ4v) is 3.63. The Morgan fingerprint density at radius 2 is 1.82 bits per heavy atom. The summed E-state index contributed by atoms with van der Waals surface area (Å²) in [5.74, 6) is 1.19. The average Bonchev–Trinajstić information content (AvgIpc) is 2.79. The van der Waals surface area contributed by atoms with Crippen molar-refractivity contribution in [3.05, 3.63) is 47.4 Å².